The molecule has 2 heterocycles. The third kappa shape index (κ3) is 5.39. The van der Waals surface area contributed by atoms with Gasteiger partial charge < -0.3 is 0 Å². The van der Waals surface area contributed by atoms with E-state index in [1.54, 1.807) is 0 Å². The van der Waals surface area contributed by atoms with Crippen LogP contribution >= 0.6 is 0 Å². The third-order valence-corrected chi connectivity index (χ3v) is 7.43. The maximum absolute atomic E-state index is 6.41. The molecule has 0 unspecified atom stereocenters. The summed E-state index contributed by atoms with van der Waals surface area (Å²) in [6.45, 7) is 0. The number of hydrogen-bond donors (Lipinski definition) is 0. The molecule has 2 heteroatoms. The molecule has 198 valence electrons. The van der Waals surface area contributed by atoms with Gasteiger partial charge >= 0.3 is 11.5 Å². The molecule has 2 nitrogen and oxygen atoms in total. The van der Waals surface area contributed by atoms with E-state index in [0.29, 0.717) is 0 Å². The van der Waals surface area contributed by atoms with E-state index in [9.17, 15) is 0 Å². The molecular weight excluding hydrogens is 510 g/mol. The van der Waals surface area contributed by atoms with E-state index in [2.05, 4.69) is 121 Å². The fourth-order valence-corrected chi connectivity index (χ4v) is 5.22. The summed E-state index contributed by atoms with van der Waals surface area (Å²) in [6.07, 6.45) is 0. The molecule has 0 spiro atoms. The smallest absolute Gasteiger partial charge is 0.248 e. The van der Waals surface area contributed by atoms with Crippen LogP contribution in [0.2, 0.25) is 0 Å². The molecule has 0 amide bonds. The topological polar surface area (TPSA) is 24.2 Å². The van der Waals surface area contributed by atoms with E-state index in [1.165, 1.54) is 0 Å². The first-order valence-corrected chi connectivity index (χ1v) is 14.1. The minimum atomic E-state index is 0.838. The summed E-state index contributed by atoms with van der Waals surface area (Å²) in [6, 6.07) is 58.7. The van der Waals surface area contributed by atoms with Crippen LogP contribution in [0, 0.1) is 0 Å². The number of pyridine rings is 1. The van der Waals surface area contributed by atoms with Crippen LogP contribution in [0.1, 0.15) is 0 Å². The maximum atomic E-state index is 6.41. The first kappa shape index (κ1) is 25.4. The van der Waals surface area contributed by atoms with Crippen LogP contribution in [0.5, 0.6) is 0 Å². The molecule has 0 aliphatic carbocycles. The van der Waals surface area contributed by atoms with E-state index in [1.807, 2.05) is 48.5 Å². The highest BCUT2D eigenvalue weighted by molar-refractivity contribution is 5.79. The summed E-state index contributed by atoms with van der Waals surface area (Å²) in [4.78, 5) is 5.03. The van der Waals surface area contributed by atoms with Gasteiger partial charge in [0.2, 0.25) is 0 Å². The van der Waals surface area contributed by atoms with Crippen LogP contribution in [-0.2, 0) is 0 Å². The predicted molar refractivity (Wildman–Crippen MR) is 174 cm³/mol. The highest BCUT2D eigenvalue weighted by Gasteiger charge is 2.20. The van der Waals surface area contributed by atoms with Crippen molar-refractivity contribution in [1.82, 2.24) is 4.98 Å². The number of rotatable bonds is 6. The van der Waals surface area contributed by atoms with Gasteiger partial charge in [-0.1, -0.05) is 121 Å². The van der Waals surface area contributed by atoms with Crippen molar-refractivity contribution in [2.24, 2.45) is 0 Å². The van der Waals surface area contributed by atoms with Crippen molar-refractivity contribution in [2.45, 2.75) is 0 Å². The van der Waals surface area contributed by atoms with E-state index in [-0.39, 0.29) is 0 Å². The van der Waals surface area contributed by atoms with Gasteiger partial charge in [0.05, 0.1) is 34.6 Å². The summed E-state index contributed by atoms with van der Waals surface area (Å²) in [5.41, 5.74) is 10.7. The number of aromatic nitrogens is 1. The molecule has 7 aromatic rings. The molecule has 0 radical (unpaired) electrons. The normalized spacial score (nSPS) is 10.9. The average Bonchev–Trinajstić information content (AvgIpc) is 3.09. The van der Waals surface area contributed by atoms with Gasteiger partial charge in [-0.2, -0.15) is 0 Å². The first-order chi connectivity index (χ1) is 20.8. The fraction of sp³-hybridized carbons (Fsp3) is 0. The molecule has 2 aromatic heterocycles. The van der Waals surface area contributed by atoms with E-state index in [4.69, 9.17) is 9.40 Å². The van der Waals surface area contributed by atoms with Crippen LogP contribution in [0.4, 0.5) is 0 Å². The first-order valence-electron chi connectivity index (χ1n) is 14.1. The number of benzene rings is 5. The van der Waals surface area contributed by atoms with E-state index < -0.39 is 0 Å². The zero-order valence-electron chi connectivity index (χ0n) is 23.0. The zero-order valence-corrected chi connectivity index (χ0v) is 23.0. The minimum Gasteiger partial charge on any atom is -0.248 e. The molecular formula is C40H28NO+. The standard InChI is InChI=1S/C40H28NO/c1-5-13-31(14-6-1)37-25-35(26-38(41-37)32-15-7-2-8-16-32)29-21-23-30(24-22-29)36-27-39(33-17-9-3-10-18-33)42-40(28-36)34-19-11-4-12-20-34/h1-28H/q+1. The maximum Gasteiger partial charge on any atom is 0.361 e. The van der Waals surface area contributed by atoms with Crippen molar-refractivity contribution < 1.29 is 4.42 Å². The van der Waals surface area contributed by atoms with Crippen molar-refractivity contribution in [2.75, 3.05) is 0 Å². The number of hydrogen-bond acceptors (Lipinski definition) is 1. The van der Waals surface area contributed by atoms with Crippen LogP contribution in [-0.4, -0.2) is 4.98 Å². The Balaban J connectivity index is 1.31. The van der Waals surface area contributed by atoms with Crippen LogP contribution in [0.15, 0.2) is 174 Å². The molecule has 0 bridgehead atoms. The molecule has 0 fully saturated rings. The summed E-state index contributed by atoms with van der Waals surface area (Å²) in [5, 5.41) is 0. The van der Waals surface area contributed by atoms with Gasteiger partial charge in [-0.05, 0) is 53.1 Å². The number of nitrogens with zero attached hydrogens (tertiary/aromatic N) is 1. The lowest BCUT2D eigenvalue weighted by Crippen LogP contribution is -1.91. The van der Waals surface area contributed by atoms with Gasteiger partial charge in [-0.3, -0.25) is 0 Å². The van der Waals surface area contributed by atoms with Crippen molar-refractivity contribution >= 4 is 0 Å². The van der Waals surface area contributed by atoms with Crippen molar-refractivity contribution in [3.63, 3.8) is 0 Å². The third-order valence-electron chi connectivity index (χ3n) is 7.43. The Kier molecular flexibility index (Phi) is 6.94. The van der Waals surface area contributed by atoms with Gasteiger partial charge in [0.25, 0.3) is 0 Å². The second-order valence-corrected chi connectivity index (χ2v) is 10.2. The summed E-state index contributed by atoms with van der Waals surface area (Å²) < 4.78 is 6.41. The molecule has 0 saturated heterocycles. The molecule has 42 heavy (non-hydrogen) atoms. The monoisotopic (exact) mass is 538 g/mol. The lowest BCUT2D eigenvalue weighted by molar-refractivity contribution is 0.582. The van der Waals surface area contributed by atoms with Crippen LogP contribution < -0.4 is 0 Å². The van der Waals surface area contributed by atoms with E-state index >= 15 is 0 Å². The summed E-state index contributed by atoms with van der Waals surface area (Å²) in [7, 11) is 0. The Labute approximate surface area is 246 Å². The van der Waals surface area contributed by atoms with Gasteiger partial charge in [0.1, 0.15) is 0 Å². The Morgan fingerprint density at radius 1 is 0.286 bits per heavy atom. The minimum absolute atomic E-state index is 0.838. The van der Waals surface area contributed by atoms with Crippen LogP contribution in [0.25, 0.3) is 67.4 Å². The summed E-state index contributed by atoms with van der Waals surface area (Å²) in [5.74, 6) is 1.68. The quantitative estimate of drug-likeness (QED) is 0.197. The molecule has 5 aromatic carbocycles. The second kappa shape index (κ2) is 11.5. The second-order valence-electron chi connectivity index (χ2n) is 10.2. The fourth-order valence-electron chi connectivity index (χ4n) is 5.22. The SMILES string of the molecule is c1ccc(-c2cc(-c3ccc(-c4cc(-c5ccccc5)[o+]c(-c5ccccc5)c4)cc3)cc(-c3ccccc3)n2)cc1. The van der Waals surface area contributed by atoms with Crippen molar-refractivity contribution in [3.8, 4) is 67.4 Å². The average molecular weight is 539 g/mol. The highest BCUT2D eigenvalue weighted by Crippen LogP contribution is 2.35. The van der Waals surface area contributed by atoms with Gasteiger partial charge in [-0.25, -0.2) is 9.40 Å². The molecule has 0 saturated carbocycles. The zero-order chi connectivity index (χ0) is 28.1. The predicted octanol–water partition coefficient (Wildman–Crippen LogP) is 11.0. The van der Waals surface area contributed by atoms with Crippen LogP contribution in [0.3, 0.4) is 0 Å². The van der Waals surface area contributed by atoms with Gasteiger partial charge in [-0.15, -0.1) is 0 Å². The summed E-state index contributed by atoms with van der Waals surface area (Å²) >= 11 is 0. The largest absolute Gasteiger partial charge is 0.361 e. The molecule has 0 aliphatic rings. The van der Waals surface area contributed by atoms with E-state index in [0.717, 1.165) is 67.4 Å². The Morgan fingerprint density at radius 2 is 0.619 bits per heavy atom. The highest BCUT2D eigenvalue weighted by atomic mass is 16.3. The Morgan fingerprint density at radius 3 is 1.00 bits per heavy atom. The van der Waals surface area contributed by atoms with Crippen molar-refractivity contribution in [3.05, 3.63) is 170 Å². The molecule has 0 atom stereocenters. The molecule has 0 N–H and O–H groups in total. The lowest BCUT2D eigenvalue weighted by Gasteiger charge is -2.11. The Bertz CT molecular complexity index is 1670. The molecule has 0 aliphatic heterocycles. The molecule has 7 rings (SSSR count). The van der Waals surface area contributed by atoms with Crippen molar-refractivity contribution in [1.29, 1.82) is 0 Å². The lowest BCUT2D eigenvalue weighted by atomic mass is 9.97. The Hall–Kier alpha value is -5.60. The van der Waals surface area contributed by atoms with Gasteiger partial charge in [0.15, 0.2) is 0 Å². The van der Waals surface area contributed by atoms with Gasteiger partial charge in [0, 0.05) is 16.7 Å².